The molecule has 2 unspecified atom stereocenters. The number of hydrogen-bond donors (Lipinski definition) is 3. The number of carbonyl (C=O) groups is 3. The Labute approximate surface area is 268 Å². The van der Waals surface area contributed by atoms with Crippen LogP contribution in [0.5, 0.6) is 0 Å². The number of rotatable bonds is 30. The molecule has 0 radical (unpaired) electrons. The summed E-state index contributed by atoms with van der Waals surface area (Å²) in [5.74, 6) is -1.33. The summed E-state index contributed by atoms with van der Waals surface area (Å²) in [7, 11) is 0. The third-order valence-corrected chi connectivity index (χ3v) is 7.41. The summed E-state index contributed by atoms with van der Waals surface area (Å²) in [5, 5.41) is 11.8. The highest BCUT2D eigenvalue weighted by atomic mass is 16.5. The number of nitrogens with one attached hydrogen (secondary N) is 1. The third kappa shape index (κ3) is 28.1. The van der Waals surface area contributed by atoms with Gasteiger partial charge >= 0.3 is 11.9 Å². The molecule has 0 bridgehead atoms. The van der Waals surface area contributed by atoms with Gasteiger partial charge in [-0.3, -0.25) is 9.59 Å². The van der Waals surface area contributed by atoms with Crippen LogP contribution in [0.2, 0.25) is 0 Å². The summed E-state index contributed by atoms with van der Waals surface area (Å²) < 4.78 is 5.89. The number of esters is 1. The Morgan fingerprint density at radius 2 is 1.25 bits per heavy atom. The average Bonchev–Trinajstić information content (AvgIpc) is 3.00. The highest BCUT2D eigenvalue weighted by Gasteiger charge is 2.19. The minimum absolute atomic E-state index is 0.0316. The predicted octanol–water partition coefficient (Wildman–Crippen LogP) is 8.88. The van der Waals surface area contributed by atoms with Gasteiger partial charge in [-0.25, -0.2) is 4.79 Å². The zero-order valence-electron chi connectivity index (χ0n) is 28.0. The average molecular weight is 617 g/mol. The van der Waals surface area contributed by atoms with Crippen molar-refractivity contribution in [2.24, 2.45) is 5.73 Å². The molecule has 0 heterocycles. The van der Waals surface area contributed by atoms with Gasteiger partial charge in [-0.15, -0.1) is 0 Å². The normalized spacial score (nSPS) is 13.3. The molecule has 1 amide bonds. The molecule has 0 aliphatic carbocycles. The molecule has 2 atom stereocenters. The third-order valence-electron chi connectivity index (χ3n) is 7.41. The summed E-state index contributed by atoms with van der Waals surface area (Å²) in [6.45, 7) is 4.74. The van der Waals surface area contributed by atoms with E-state index in [4.69, 9.17) is 10.5 Å². The van der Waals surface area contributed by atoms with E-state index < -0.39 is 12.0 Å². The van der Waals surface area contributed by atoms with Crippen LogP contribution in [0, 0.1) is 0 Å². The van der Waals surface area contributed by atoms with Crippen molar-refractivity contribution in [2.75, 3.05) is 6.54 Å². The molecule has 7 heteroatoms. The Balaban J connectivity index is 4.18. The number of aliphatic carboxylic acids is 1. The Hall–Kier alpha value is -2.67. The fraction of sp³-hybridized carbons (Fsp3) is 0.703. The molecule has 7 nitrogen and oxygen atoms in total. The molecule has 0 saturated carbocycles. The van der Waals surface area contributed by atoms with Crippen LogP contribution in [-0.2, 0) is 19.1 Å². The second-order valence-corrected chi connectivity index (χ2v) is 11.6. The molecule has 0 aromatic heterocycles. The number of amides is 1. The lowest BCUT2D eigenvalue weighted by Gasteiger charge is -2.18. The van der Waals surface area contributed by atoms with E-state index in [9.17, 15) is 19.5 Å². The predicted molar refractivity (Wildman–Crippen MR) is 183 cm³/mol. The van der Waals surface area contributed by atoms with E-state index in [0.29, 0.717) is 32.2 Å². The molecule has 0 fully saturated rings. The molecular formula is C37H64N2O5. The number of nitrogens with two attached hydrogens (primary N) is 1. The number of hydrogen-bond acceptors (Lipinski definition) is 5. The van der Waals surface area contributed by atoms with Gasteiger partial charge < -0.3 is 20.9 Å². The molecular weight excluding hydrogens is 552 g/mol. The van der Waals surface area contributed by atoms with Crippen LogP contribution in [0.4, 0.5) is 0 Å². The molecule has 252 valence electrons. The van der Waals surface area contributed by atoms with Gasteiger partial charge in [0.1, 0.15) is 12.1 Å². The molecule has 44 heavy (non-hydrogen) atoms. The maximum Gasteiger partial charge on any atom is 0.326 e. The first-order valence-electron chi connectivity index (χ1n) is 17.5. The van der Waals surface area contributed by atoms with Crippen molar-refractivity contribution in [2.45, 2.75) is 161 Å². The van der Waals surface area contributed by atoms with Gasteiger partial charge in [0, 0.05) is 12.8 Å². The maximum atomic E-state index is 12.5. The first-order valence-corrected chi connectivity index (χ1v) is 17.5. The van der Waals surface area contributed by atoms with Crippen LogP contribution in [-0.4, -0.2) is 41.6 Å². The SMILES string of the molecule is CC/C=C\C/C=C\C/C=C\C/C=C\CCCCC(=O)OC(CCCCCC)CCCCCCC(=O)NC(CCCN)C(=O)O. The number of ether oxygens (including phenoxy) is 1. The number of carbonyl (C=O) groups excluding carboxylic acids is 2. The Bertz CT molecular complexity index is 834. The fourth-order valence-corrected chi connectivity index (χ4v) is 4.79. The lowest BCUT2D eigenvalue weighted by Crippen LogP contribution is -2.40. The highest BCUT2D eigenvalue weighted by Crippen LogP contribution is 2.17. The lowest BCUT2D eigenvalue weighted by molar-refractivity contribution is -0.150. The molecule has 4 N–H and O–H groups in total. The van der Waals surface area contributed by atoms with Gasteiger partial charge in [0.25, 0.3) is 0 Å². The van der Waals surface area contributed by atoms with E-state index in [1.807, 2.05) is 0 Å². The fourth-order valence-electron chi connectivity index (χ4n) is 4.79. The van der Waals surface area contributed by atoms with E-state index in [-0.39, 0.29) is 18.0 Å². The van der Waals surface area contributed by atoms with Crippen LogP contribution in [0.3, 0.4) is 0 Å². The van der Waals surface area contributed by atoms with Gasteiger partial charge in [0.05, 0.1) is 0 Å². The van der Waals surface area contributed by atoms with Gasteiger partial charge in [0.15, 0.2) is 0 Å². The van der Waals surface area contributed by atoms with Crippen LogP contribution in [0.1, 0.15) is 149 Å². The first-order chi connectivity index (χ1) is 21.4. The first kappa shape index (κ1) is 41.3. The molecule has 0 spiro atoms. The van der Waals surface area contributed by atoms with Gasteiger partial charge in [-0.1, -0.05) is 94.6 Å². The molecule has 0 aliphatic rings. The molecule has 0 aromatic carbocycles. The number of carboxylic acids is 1. The van der Waals surface area contributed by atoms with Crippen LogP contribution < -0.4 is 11.1 Å². The van der Waals surface area contributed by atoms with Crippen molar-refractivity contribution in [3.63, 3.8) is 0 Å². The van der Waals surface area contributed by atoms with Crippen molar-refractivity contribution < 1.29 is 24.2 Å². The van der Waals surface area contributed by atoms with Crippen LogP contribution >= 0.6 is 0 Å². The quantitative estimate of drug-likeness (QED) is 0.0421. The lowest BCUT2D eigenvalue weighted by atomic mass is 10.0. The van der Waals surface area contributed by atoms with Gasteiger partial charge in [-0.05, 0) is 96.4 Å². The maximum absolute atomic E-state index is 12.5. The highest BCUT2D eigenvalue weighted by molar-refractivity contribution is 5.83. The van der Waals surface area contributed by atoms with Crippen molar-refractivity contribution >= 4 is 17.8 Å². The van der Waals surface area contributed by atoms with Crippen LogP contribution in [0.15, 0.2) is 48.6 Å². The van der Waals surface area contributed by atoms with Crippen molar-refractivity contribution in [1.29, 1.82) is 0 Å². The van der Waals surface area contributed by atoms with Crippen molar-refractivity contribution in [1.82, 2.24) is 5.32 Å². The monoisotopic (exact) mass is 616 g/mol. The standard InChI is InChI=1S/C37H64N2O5/c1-3-5-7-9-10-11-12-13-14-15-16-17-18-19-25-31-36(41)44-33(27-22-8-6-4-2)28-23-20-21-24-30-35(40)39-34(37(42)43)29-26-32-38/h5,7,10-11,13-14,16-17,33-34H,3-4,6,8-9,12,15,18-32,38H2,1-2H3,(H,39,40)(H,42,43)/b7-5-,11-10-,14-13-,17-16-. The smallest absolute Gasteiger partial charge is 0.326 e. The summed E-state index contributed by atoms with van der Waals surface area (Å²) in [6, 6.07) is -0.867. The topological polar surface area (TPSA) is 119 Å². The molecule has 0 aliphatic heterocycles. The van der Waals surface area contributed by atoms with E-state index in [0.717, 1.165) is 96.3 Å². The van der Waals surface area contributed by atoms with Crippen LogP contribution in [0.25, 0.3) is 0 Å². The largest absolute Gasteiger partial charge is 0.480 e. The van der Waals surface area contributed by atoms with Crippen molar-refractivity contribution in [3.8, 4) is 0 Å². The van der Waals surface area contributed by atoms with E-state index in [2.05, 4.69) is 67.8 Å². The zero-order valence-corrected chi connectivity index (χ0v) is 28.0. The second kappa shape index (κ2) is 31.7. The minimum atomic E-state index is -1.02. The van der Waals surface area contributed by atoms with Gasteiger partial charge in [-0.2, -0.15) is 0 Å². The molecule has 0 rings (SSSR count). The van der Waals surface area contributed by atoms with E-state index in [1.54, 1.807) is 0 Å². The Kier molecular flexibility index (Phi) is 29.8. The summed E-state index contributed by atoms with van der Waals surface area (Å²) in [5.41, 5.74) is 5.45. The molecule has 0 aromatic rings. The van der Waals surface area contributed by atoms with E-state index >= 15 is 0 Å². The molecule has 0 saturated heterocycles. The summed E-state index contributed by atoms with van der Waals surface area (Å²) in [4.78, 5) is 36.0. The number of allylic oxidation sites excluding steroid dienone is 8. The van der Waals surface area contributed by atoms with E-state index in [1.165, 1.54) is 12.8 Å². The second-order valence-electron chi connectivity index (χ2n) is 11.6. The van der Waals surface area contributed by atoms with Crippen molar-refractivity contribution in [3.05, 3.63) is 48.6 Å². The van der Waals surface area contributed by atoms with Gasteiger partial charge in [0.2, 0.25) is 5.91 Å². The minimum Gasteiger partial charge on any atom is -0.480 e. The number of unbranched alkanes of at least 4 members (excludes halogenated alkanes) is 8. The zero-order chi connectivity index (χ0) is 32.5. The summed E-state index contributed by atoms with van der Waals surface area (Å²) in [6.07, 6.45) is 36.0. The summed E-state index contributed by atoms with van der Waals surface area (Å²) >= 11 is 0. The number of carboxylic acid groups (broad SMARTS) is 1. The Morgan fingerprint density at radius 1 is 0.682 bits per heavy atom. The Morgan fingerprint density at radius 3 is 1.84 bits per heavy atom.